The molecule has 3 nitrogen and oxygen atoms in total. The molecule has 0 aliphatic carbocycles. The molecule has 1 saturated heterocycles. The Morgan fingerprint density at radius 2 is 2.38 bits per heavy atom. The number of nitrogens with one attached hydrogen (secondary N) is 1. The zero-order valence-electron chi connectivity index (χ0n) is 8.51. The topological polar surface area (TPSA) is 38.3 Å². The van der Waals surface area contributed by atoms with E-state index in [4.69, 9.17) is 4.74 Å². The summed E-state index contributed by atoms with van der Waals surface area (Å²) < 4.78 is 5.22. The minimum absolute atomic E-state index is 0.168. The fraction of sp³-hybridized carbons (Fsp3) is 0.900. The second-order valence-corrected chi connectivity index (χ2v) is 4.13. The van der Waals surface area contributed by atoms with Gasteiger partial charge in [-0.2, -0.15) is 0 Å². The van der Waals surface area contributed by atoms with Crippen LogP contribution in [0.25, 0.3) is 0 Å². The highest BCUT2D eigenvalue weighted by Crippen LogP contribution is 2.10. The van der Waals surface area contributed by atoms with Gasteiger partial charge in [0.05, 0.1) is 6.61 Å². The van der Waals surface area contributed by atoms with Crippen molar-refractivity contribution in [1.29, 1.82) is 0 Å². The Morgan fingerprint density at radius 3 is 2.92 bits per heavy atom. The van der Waals surface area contributed by atoms with Crippen molar-refractivity contribution in [1.82, 2.24) is 5.32 Å². The summed E-state index contributed by atoms with van der Waals surface area (Å²) in [5.41, 5.74) is 0. The molecule has 0 unspecified atom stereocenters. The van der Waals surface area contributed by atoms with Crippen molar-refractivity contribution in [2.45, 2.75) is 26.7 Å². The molecule has 0 saturated carbocycles. The van der Waals surface area contributed by atoms with Crippen LogP contribution < -0.4 is 5.32 Å². The smallest absolute Gasteiger partial charge is 0.220 e. The summed E-state index contributed by atoms with van der Waals surface area (Å²) in [4.78, 5) is 11.3. The minimum atomic E-state index is 0.168. The Morgan fingerprint density at radius 1 is 1.62 bits per heavy atom. The van der Waals surface area contributed by atoms with Crippen LogP contribution in [-0.4, -0.2) is 25.7 Å². The summed E-state index contributed by atoms with van der Waals surface area (Å²) in [6.45, 7) is 6.55. The highest BCUT2D eigenvalue weighted by Gasteiger charge is 2.16. The van der Waals surface area contributed by atoms with Gasteiger partial charge in [-0.15, -0.1) is 0 Å². The van der Waals surface area contributed by atoms with Gasteiger partial charge in [0.2, 0.25) is 5.91 Å². The third kappa shape index (κ3) is 4.27. The van der Waals surface area contributed by atoms with Crippen LogP contribution in [0.5, 0.6) is 0 Å². The standard InChI is InChI=1S/C10H19NO2/c1-8(2)5-10(12)11-6-9-3-4-13-7-9/h8-9H,3-7H2,1-2H3,(H,11,12)/t9-/m1/s1. The fourth-order valence-electron chi connectivity index (χ4n) is 1.45. The van der Waals surface area contributed by atoms with Crippen molar-refractivity contribution in [3.63, 3.8) is 0 Å². The molecule has 13 heavy (non-hydrogen) atoms. The van der Waals surface area contributed by atoms with E-state index in [0.717, 1.165) is 26.2 Å². The maximum atomic E-state index is 11.3. The van der Waals surface area contributed by atoms with Gasteiger partial charge in [-0.25, -0.2) is 0 Å². The van der Waals surface area contributed by atoms with Crippen LogP contribution in [0.2, 0.25) is 0 Å². The zero-order valence-corrected chi connectivity index (χ0v) is 8.51. The third-order valence-corrected chi connectivity index (χ3v) is 2.21. The van der Waals surface area contributed by atoms with E-state index >= 15 is 0 Å². The van der Waals surface area contributed by atoms with Crippen molar-refractivity contribution in [3.05, 3.63) is 0 Å². The lowest BCUT2D eigenvalue weighted by Crippen LogP contribution is -2.30. The molecule has 76 valence electrons. The average Bonchev–Trinajstić information content (AvgIpc) is 2.51. The lowest BCUT2D eigenvalue weighted by molar-refractivity contribution is -0.121. The van der Waals surface area contributed by atoms with E-state index in [1.54, 1.807) is 0 Å². The average molecular weight is 185 g/mol. The molecule has 1 heterocycles. The van der Waals surface area contributed by atoms with Gasteiger partial charge < -0.3 is 10.1 Å². The van der Waals surface area contributed by atoms with E-state index in [0.29, 0.717) is 18.3 Å². The van der Waals surface area contributed by atoms with E-state index in [-0.39, 0.29) is 5.91 Å². The van der Waals surface area contributed by atoms with Crippen LogP contribution in [0.4, 0.5) is 0 Å². The molecule has 0 radical (unpaired) electrons. The van der Waals surface area contributed by atoms with E-state index in [1.807, 2.05) is 0 Å². The molecule has 1 atom stereocenters. The van der Waals surface area contributed by atoms with E-state index in [2.05, 4.69) is 19.2 Å². The summed E-state index contributed by atoms with van der Waals surface area (Å²) in [6, 6.07) is 0. The highest BCUT2D eigenvalue weighted by molar-refractivity contribution is 5.76. The van der Waals surface area contributed by atoms with E-state index in [1.165, 1.54) is 0 Å². The Balaban J connectivity index is 2.07. The summed E-state index contributed by atoms with van der Waals surface area (Å²) in [7, 11) is 0. The lowest BCUT2D eigenvalue weighted by Gasteiger charge is -2.10. The monoisotopic (exact) mass is 185 g/mol. The first-order chi connectivity index (χ1) is 6.18. The minimum Gasteiger partial charge on any atom is -0.381 e. The number of hydrogen-bond donors (Lipinski definition) is 1. The van der Waals surface area contributed by atoms with Gasteiger partial charge in [0, 0.05) is 25.5 Å². The fourth-order valence-corrected chi connectivity index (χ4v) is 1.45. The first kappa shape index (κ1) is 10.5. The van der Waals surface area contributed by atoms with Gasteiger partial charge >= 0.3 is 0 Å². The molecular weight excluding hydrogens is 166 g/mol. The van der Waals surface area contributed by atoms with Gasteiger partial charge in [0.1, 0.15) is 0 Å². The van der Waals surface area contributed by atoms with Crippen molar-refractivity contribution in [3.8, 4) is 0 Å². The molecule has 1 aliphatic rings. The Labute approximate surface area is 79.8 Å². The molecular formula is C10H19NO2. The van der Waals surface area contributed by atoms with Crippen molar-refractivity contribution in [2.24, 2.45) is 11.8 Å². The molecule has 0 bridgehead atoms. The van der Waals surface area contributed by atoms with Crippen LogP contribution >= 0.6 is 0 Å². The van der Waals surface area contributed by atoms with Crippen molar-refractivity contribution < 1.29 is 9.53 Å². The van der Waals surface area contributed by atoms with Crippen LogP contribution in [0.1, 0.15) is 26.7 Å². The molecule has 0 aromatic carbocycles. The van der Waals surface area contributed by atoms with Crippen LogP contribution in [0.15, 0.2) is 0 Å². The van der Waals surface area contributed by atoms with Crippen molar-refractivity contribution in [2.75, 3.05) is 19.8 Å². The maximum Gasteiger partial charge on any atom is 0.220 e. The molecule has 1 amide bonds. The van der Waals surface area contributed by atoms with Crippen molar-refractivity contribution >= 4 is 5.91 Å². The van der Waals surface area contributed by atoms with Gasteiger partial charge in [0.15, 0.2) is 0 Å². The highest BCUT2D eigenvalue weighted by atomic mass is 16.5. The third-order valence-electron chi connectivity index (χ3n) is 2.21. The zero-order chi connectivity index (χ0) is 9.68. The molecule has 3 heteroatoms. The number of amides is 1. The predicted molar refractivity (Wildman–Crippen MR) is 51.4 cm³/mol. The second-order valence-electron chi connectivity index (χ2n) is 4.13. The number of carbonyl (C=O) groups excluding carboxylic acids is 1. The molecule has 0 aromatic heterocycles. The largest absolute Gasteiger partial charge is 0.381 e. The Kier molecular flexibility index (Phi) is 4.22. The number of ether oxygens (including phenoxy) is 1. The van der Waals surface area contributed by atoms with Gasteiger partial charge in [-0.1, -0.05) is 13.8 Å². The van der Waals surface area contributed by atoms with E-state index < -0.39 is 0 Å². The normalized spacial score (nSPS) is 22.2. The lowest BCUT2D eigenvalue weighted by atomic mass is 10.1. The first-order valence-electron chi connectivity index (χ1n) is 5.03. The quantitative estimate of drug-likeness (QED) is 0.714. The summed E-state index contributed by atoms with van der Waals surface area (Å²) in [5, 5.41) is 2.94. The number of carbonyl (C=O) groups is 1. The molecule has 1 N–H and O–H groups in total. The molecule has 1 fully saturated rings. The first-order valence-corrected chi connectivity index (χ1v) is 5.03. The Bertz CT molecular complexity index is 162. The van der Waals surface area contributed by atoms with Gasteiger partial charge in [-0.05, 0) is 12.3 Å². The van der Waals surface area contributed by atoms with Gasteiger partial charge in [0.25, 0.3) is 0 Å². The predicted octanol–water partition coefficient (Wildman–Crippen LogP) is 1.19. The SMILES string of the molecule is CC(C)CC(=O)NC[C@H]1CCOC1. The maximum absolute atomic E-state index is 11.3. The van der Waals surface area contributed by atoms with Crippen LogP contribution in [-0.2, 0) is 9.53 Å². The second kappa shape index (κ2) is 5.22. The Hall–Kier alpha value is -0.570. The summed E-state index contributed by atoms with van der Waals surface area (Å²) in [5.74, 6) is 1.15. The van der Waals surface area contributed by atoms with Crippen LogP contribution in [0.3, 0.4) is 0 Å². The number of rotatable bonds is 4. The molecule has 1 aliphatic heterocycles. The molecule has 0 aromatic rings. The number of hydrogen-bond acceptors (Lipinski definition) is 2. The summed E-state index contributed by atoms with van der Waals surface area (Å²) in [6.07, 6.45) is 1.72. The molecule has 1 rings (SSSR count). The van der Waals surface area contributed by atoms with Gasteiger partial charge in [-0.3, -0.25) is 4.79 Å². The van der Waals surface area contributed by atoms with Crippen LogP contribution in [0, 0.1) is 11.8 Å². The molecule has 0 spiro atoms. The summed E-state index contributed by atoms with van der Waals surface area (Å²) >= 11 is 0. The van der Waals surface area contributed by atoms with E-state index in [9.17, 15) is 4.79 Å².